The van der Waals surface area contributed by atoms with Gasteiger partial charge in [-0.15, -0.1) is 0 Å². The number of halogens is 1. The van der Waals surface area contributed by atoms with Gasteiger partial charge in [0.15, 0.2) is 0 Å². The molecule has 120 valence electrons. The predicted octanol–water partition coefficient (Wildman–Crippen LogP) is 4.21. The fourth-order valence-corrected chi connectivity index (χ4v) is 3.76. The first kappa shape index (κ1) is 16.8. The van der Waals surface area contributed by atoms with Gasteiger partial charge in [0.1, 0.15) is 0 Å². The van der Waals surface area contributed by atoms with Gasteiger partial charge >= 0.3 is 0 Å². The standard InChI is InChI=1S/C17H30ClN3/c1-5-21-15(16(18)14(4)20-21)10-17(8-6-7-9-17)12-19-11-13(2)3/h13,19H,5-12H2,1-4H3. The summed E-state index contributed by atoms with van der Waals surface area (Å²) in [5.41, 5.74) is 2.58. The molecule has 1 aliphatic rings. The molecule has 0 bridgehead atoms. The Hall–Kier alpha value is -0.540. The highest BCUT2D eigenvalue weighted by atomic mass is 35.5. The van der Waals surface area contributed by atoms with Crippen molar-refractivity contribution >= 4 is 11.6 Å². The van der Waals surface area contributed by atoms with Crippen LogP contribution in [0.2, 0.25) is 5.02 Å². The first-order valence-corrected chi connectivity index (χ1v) is 8.78. The van der Waals surface area contributed by atoms with E-state index in [0.29, 0.717) is 11.3 Å². The molecular formula is C17H30ClN3. The maximum absolute atomic E-state index is 6.51. The molecule has 0 amide bonds. The van der Waals surface area contributed by atoms with Gasteiger partial charge in [-0.1, -0.05) is 38.3 Å². The smallest absolute Gasteiger partial charge is 0.0847 e. The summed E-state index contributed by atoms with van der Waals surface area (Å²) >= 11 is 6.51. The normalized spacial score (nSPS) is 17.8. The fraction of sp³-hybridized carbons (Fsp3) is 0.824. The minimum atomic E-state index is 0.373. The summed E-state index contributed by atoms with van der Waals surface area (Å²) in [6.45, 7) is 11.8. The van der Waals surface area contributed by atoms with Crippen molar-refractivity contribution in [1.29, 1.82) is 0 Å². The Labute approximate surface area is 134 Å². The van der Waals surface area contributed by atoms with E-state index in [-0.39, 0.29) is 0 Å². The van der Waals surface area contributed by atoms with Gasteiger partial charge in [-0.25, -0.2) is 0 Å². The van der Waals surface area contributed by atoms with Crippen LogP contribution in [0, 0.1) is 18.3 Å². The molecular weight excluding hydrogens is 282 g/mol. The number of aromatic nitrogens is 2. The molecule has 0 atom stereocenters. The maximum atomic E-state index is 6.51. The van der Waals surface area contributed by atoms with Crippen LogP contribution in [-0.2, 0) is 13.0 Å². The molecule has 1 saturated carbocycles. The highest BCUT2D eigenvalue weighted by Crippen LogP contribution is 2.42. The van der Waals surface area contributed by atoms with Crippen molar-refractivity contribution < 1.29 is 0 Å². The molecule has 0 aromatic carbocycles. The number of nitrogens with one attached hydrogen (secondary N) is 1. The Morgan fingerprint density at radius 1 is 1.33 bits per heavy atom. The molecule has 3 nitrogen and oxygen atoms in total. The maximum Gasteiger partial charge on any atom is 0.0847 e. The zero-order valence-corrected chi connectivity index (χ0v) is 14.8. The van der Waals surface area contributed by atoms with Crippen LogP contribution in [0.15, 0.2) is 0 Å². The molecule has 21 heavy (non-hydrogen) atoms. The van der Waals surface area contributed by atoms with Crippen LogP contribution >= 0.6 is 11.6 Å². The zero-order chi connectivity index (χ0) is 15.5. The van der Waals surface area contributed by atoms with Gasteiger partial charge in [0.2, 0.25) is 0 Å². The first-order chi connectivity index (χ1) is 9.97. The quantitative estimate of drug-likeness (QED) is 0.817. The monoisotopic (exact) mass is 311 g/mol. The Kier molecular flexibility index (Phi) is 5.73. The topological polar surface area (TPSA) is 29.9 Å². The van der Waals surface area contributed by atoms with Crippen LogP contribution in [0.5, 0.6) is 0 Å². The fourth-order valence-electron chi connectivity index (χ4n) is 3.56. The van der Waals surface area contributed by atoms with Crippen molar-refractivity contribution in [3.63, 3.8) is 0 Å². The lowest BCUT2D eigenvalue weighted by Gasteiger charge is -2.30. The van der Waals surface area contributed by atoms with Crippen molar-refractivity contribution in [2.75, 3.05) is 13.1 Å². The van der Waals surface area contributed by atoms with Crippen LogP contribution < -0.4 is 5.32 Å². The highest BCUT2D eigenvalue weighted by molar-refractivity contribution is 6.31. The van der Waals surface area contributed by atoms with Crippen molar-refractivity contribution in [2.24, 2.45) is 11.3 Å². The molecule has 1 aromatic heterocycles. The molecule has 1 aromatic rings. The summed E-state index contributed by atoms with van der Waals surface area (Å²) < 4.78 is 2.10. The molecule has 1 fully saturated rings. The zero-order valence-electron chi connectivity index (χ0n) is 14.0. The molecule has 1 aliphatic carbocycles. The second-order valence-corrected chi connectivity index (χ2v) is 7.45. The summed E-state index contributed by atoms with van der Waals surface area (Å²) in [7, 11) is 0. The lowest BCUT2D eigenvalue weighted by molar-refractivity contribution is 0.266. The minimum Gasteiger partial charge on any atom is -0.316 e. The minimum absolute atomic E-state index is 0.373. The summed E-state index contributed by atoms with van der Waals surface area (Å²) in [6.07, 6.45) is 6.37. The Bertz CT molecular complexity index is 459. The number of rotatable bonds is 7. The van der Waals surface area contributed by atoms with Crippen LogP contribution in [0.3, 0.4) is 0 Å². The second-order valence-electron chi connectivity index (χ2n) is 7.07. The van der Waals surface area contributed by atoms with E-state index >= 15 is 0 Å². The second kappa shape index (κ2) is 7.15. The molecule has 0 unspecified atom stereocenters. The Balaban J connectivity index is 2.12. The Morgan fingerprint density at radius 2 is 2.00 bits per heavy atom. The third kappa shape index (κ3) is 4.01. The van der Waals surface area contributed by atoms with Crippen LogP contribution in [0.1, 0.15) is 57.8 Å². The van der Waals surface area contributed by atoms with Crippen molar-refractivity contribution in [2.45, 2.75) is 66.3 Å². The molecule has 4 heteroatoms. The van der Waals surface area contributed by atoms with E-state index in [1.807, 2.05) is 6.92 Å². The van der Waals surface area contributed by atoms with Crippen LogP contribution in [0.4, 0.5) is 0 Å². The number of aryl methyl sites for hydroxylation is 2. The average Bonchev–Trinajstić information content (AvgIpc) is 2.99. The largest absolute Gasteiger partial charge is 0.316 e. The van der Waals surface area contributed by atoms with Gasteiger partial charge in [-0.05, 0) is 51.0 Å². The van der Waals surface area contributed by atoms with E-state index in [1.165, 1.54) is 31.4 Å². The van der Waals surface area contributed by atoms with Crippen LogP contribution in [-0.4, -0.2) is 22.9 Å². The van der Waals surface area contributed by atoms with Gasteiger partial charge in [0.25, 0.3) is 0 Å². The van der Waals surface area contributed by atoms with Crippen molar-refractivity contribution in [1.82, 2.24) is 15.1 Å². The van der Waals surface area contributed by atoms with Gasteiger partial charge in [0.05, 0.1) is 16.4 Å². The summed E-state index contributed by atoms with van der Waals surface area (Å²) in [4.78, 5) is 0. The lowest BCUT2D eigenvalue weighted by Crippen LogP contribution is -2.36. The molecule has 1 heterocycles. The molecule has 0 spiro atoms. The third-order valence-corrected chi connectivity index (χ3v) is 5.20. The summed E-state index contributed by atoms with van der Waals surface area (Å²) in [6, 6.07) is 0. The molecule has 2 rings (SSSR count). The van der Waals surface area contributed by atoms with Gasteiger partial charge in [0, 0.05) is 13.1 Å². The van der Waals surface area contributed by atoms with E-state index in [9.17, 15) is 0 Å². The number of nitrogens with zero attached hydrogens (tertiary/aromatic N) is 2. The molecule has 0 aliphatic heterocycles. The molecule has 1 N–H and O–H groups in total. The van der Waals surface area contributed by atoms with E-state index in [1.54, 1.807) is 0 Å². The van der Waals surface area contributed by atoms with Gasteiger partial charge in [-0.2, -0.15) is 5.10 Å². The number of hydrogen-bond donors (Lipinski definition) is 1. The van der Waals surface area contributed by atoms with Crippen molar-refractivity contribution in [3.05, 3.63) is 16.4 Å². The summed E-state index contributed by atoms with van der Waals surface area (Å²) in [5.74, 6) is 0.704. The lowest BCUT2D eigenvalue weighted by atomic mass is 9.81. The van der Waals surface area contributed by atoms with Crippen molar-refractivity contribution in [3.8, 4) is 0 Å². The van der Waals surface area contributed by atoms with E-state index < -0.39 is 0 Å². The third-order valence-electron chi connectivity index (χ3n) is 4.71. The summed E-state index contributed by atoms with van der Waals surface area (Å²) in [5, 5.41) is 9.13. The molecule has 0 saturated heterocycles. The number of hydrogen-bond acceptors (Lipinski definition) is 2. The van der Waals surface area contributed by atoms with E-state index in [2.05, 4.69) is 35.9 Å². The van der Waals surface area contributed by atoms with E-state index in [4.69, 9.17) is 11.6 Å². The van der Waals surface area contributed by atoms with E-state index in [0.717, 1.165) is 36.8 Å². The highest BCUT2D eigenvalue weighted by Gasteiger charge is 2.35. The first-order valence-electron chi connectivity index (χ1n) is 8.40. The predicted molar refractivity (Wildman–Crippen MR) is 90.0 cm³/mol. The van der Waals surface area contributed by atoms with Gasteiger partial charge < -0.3 is 5.32 Å². The van der Waals surface area contributed by atoms with Crippen LogP contribution in [0.25, 0.3) is 0 Å². The Morgan fingerprint density at radius 3 is 2.57 bits per heavy atom. The van der Waals surface area contributed by atoms with Gasteiger partial charge in [-0.3, -0.25) is 4.68 Å². The molecule has 0 radical (unpaired) electrons. The SMILES string of the molecule is CCn1nc(C)c(Cl)c1CC1(CNCC(C)C)CCCC1. The average molecular weight is 312 g/mol.